The van der Waals surface area contributed by atoms with Gasteiger partial charge >= 0.3 is 0 Å². The molecule has 0 atom stereocenters. The Kier molecular flexibility index (Phi) is 2.61. The van der Waals surface area contributed by atoms with Gasteiger partial charge in [-0.05, 0) is 31.2 Å². The maximum atomic E-state index is 5.73. The number of hydrogen-bond acceptors (Lipinski definition) is 4. The van der Waals surface area contributed by atoms with Crippen LogP contribution in [0, 0.1) is 6.92 Å². The minimum atomic E-state index is 0.543. The van der Waals surface area contributed by atoms with E-state index >= 15 is 0 Å². The second-order valence-corrected chi connectivity index (χ2v) is 5.64. The Bertz CT molecular complexity index is 1180. The average Bonchev–Trinajstić information content (AvgIpc) is 3.31. The Hall–Kier alpha value is -3.41. The summed E-state index contributed by atoms with van der Waals surface area (Å²) in [5.41, 5.74) is 2.84. The molecular formula is C18H13N5O. The van der Waals surface area contributed by atoms with Crippen LogP contribution in [0.4, 0.5) is 0 Å². The van der Waals surface area contributed by atoms with Gasteiger partial charge in [-0.1, -0.05) is 18.2 Å². The summed E-state index contributed by atoms with van der Waals surface area (Å²) in [5, 5.41) is 5.74. The van der Waals surface area contributed by atoms with E-state index in [1.807, 2.05) is 49.5 Å². The molecule has 0 saturated heterocycles. The standard InChI is InChI=1S/C18H13N5O/c1-11-6-7-16(24-11)15-8-9-19-18-21-17(22-23(15)18)13-10-20-14-5-3-2-4-12(13)14/h2-10,20H,1H3. The van der Waals surface area contributed by atoms with Crippen molar-refractivity contribution in [2.45, 2.75) is 6.92 Å². The lowest BCUT2D eigenvalue weighted by atomic mass is 10.2. The summed E-state index contributed by atoms with van der Waals surface area (Å²) >= 11 is 0. The SMILES string of the molecule is Cc1ccc(-c2ccnc3nc(-c4c[nH]c5ccccc45)nn23)o1. The van der Waals surface area contributed by atoms with Crippen LogP contribution >= 0.6 is 0 Å². The number of H-pyrrole nitrogens is 1. The summed E-state index contributed by atoms with van der Waals surface area (Å²) in [6.45, 7) is 1.92. The molecule has 0 radical (unpaired) electrons. The smallest absolute Gasteiger partial charge is 0.253 e. The summed E-state index contributed by atoms with van der Waals surface area (Å²) in [4.78, 5) is 12.2. The van der Waals surface area contributed by atoms with Crippen LogP contribution in [0.3, 0.4) is 0 Å². The van der Waals surface area contributed by atoms with E-state index in [4.69, 9.17) is 4.42 Å². The molecule has 0 fully saturated rings. The topological polar surface area (TPSA) is 72.0 Å². The van der Waals surface area contributed by atoms with Crippen LogP contribution in [0.25, 0.3) is 39.5 Å². The predicted molar refractivity (Wildman–Crippen MR) is 90.5 cm³/mol. The number of aryl methyl sites for hydroxylation is 1. The van der Waals surface area contributed by atoms with Crippen molar-refractivity contribution < 1.29 is 4.42 Å². The van der Waals surface area contributed by atoms with E-state index in [2.05, 4.69) is 26.1 Å². The third kappa shape index (κ3) is 1.86. The molecule has 0 saturated carbocycles. The highest BCUT2D eigenvalue weighted by molar-refractivity contribution is 5.93. The van der Waals surface area contributed by atoms with Crippen molar-refractivity contribution in [2.75, 3.05) is 0 Å². The van der Waals surface area contributed by atoms with Crippen molar-refractivity contribution in [3.63, 3.8) is 0 Å². The van der Waals surface area contributed by atoms with E-state index in [0.717, 1.165) is 33.7 Å². The fourth-order valence-corrected chi connectivity index (χ4v) is 2.92. The van der Waals surface area contributed by atoms with Gasteiger partial charge in [0.05, 0.1) is 0 Å². The maximum absolute atomic E-state index is 5.73. The first-order valence-electron chi connectivity index (χ1n) is 7.65. The Morgan fingerprint density at radius 2 is 2.00 bits per heavy atom. The minimum absolute atomic E-state index is 0.543. The number of rotatable bonds is 2. The Labute approximate surface area is 136 Å². The second-order valence-electron chi connectivity index (χ2n) is 5.64. The van der Waals surface area contributed by atoms with E-state index in [1.165, 1.54) is 0 Å². The fraction of sp³-hybridized carbons (Fsp3) is 0.0556. The van der Waals surface area contributed by atoms with Crippen LogP contribution in [-0.2, 0) is 0 Å². The van der Waals surface area contributed by atoms with Crippen molar-refractivity contribution in [3.8, 4) is 22.8 Å². The van der Waals surface area contributed by atoms with E-state index in [9.17, 15) is 0 Å². The molecule has 0 amide bonds. The number of fused-ring (bicyclic) bond motifs is 2. The third-order valence-corrected chi connectivity index (χ3v) is 4.06. The van der Waals surface area contributed by atoms with E-state index < -0.39 is 0 Å². The first kappa shape index (κ1) is 13.1. The second kappa shape index (κ2) is 4.79. The number of hydrogen-bond donors (Lipinski definition) is 1. The molecule has 24 heavy (non-hydrogen) atoms. The molecule has 6 heteroatoms. The van der Waals surface area contributed by atoms with Gasteiger partial charge in [0, 0.05) is 28.9 Å². The molecule has 0 aliphatic rings. The van der Waals surface area contributed by atoms with Crippen molar-refractivity contribution in [1.29, 1.82) is 0 Å². The average molecular weight is 315 g/mol. The number of aromatic nitrogens is 5. The highest BCUT2D eigenvalue weighted by atomic mass is 16.3. The number of aromatic amines is 1. The van der Waals surface area contributed by atoms with Crippen LogP contribution in [0.5, 0.6) is 0 Å². The van der Waals surface area contributed by atoms with Crippen LogP contribution in [0.2, 0.25) is 0 Å². The molecule has 6 nitrogen and oxygen atoms in total. The summed E-state index contributed by atoms with van der Waals surface area (Å²) in [7, 11) is 0. The van der Waals surface area contributed by atoms with E-state index in [1.54, 1.807) is 10.7 Å². The largest absolute Gasteiger partial charge is 0.460 e. The summed E-state index contributed by atoms with van der Waals surface area (Å²) in [5.74, 6) is 2.78. The molecule has 5 aromatic rings. The molecule has 116 valence electrons. The predicted octanol–water partition coefficient (Wildman–Crippen LogP) is 3.84. The van der Waals surface area contributed by atoms with Crippen LogP contribution in [0.15, 0.2) is 59.3 Å². The van der Waals surface area contributed by atoms with Gasteiger partial charge < -0.3 is 9.40 Å². The van der Waals surface area contributed by atoms with Crippen LogP contribution in [-0.4, -0.2) is 24.6 Å². The van der Waals surface area contributed by atoms with Crippen molar-refractivity contribution in [3.05, 3.63) is 60.6 Å². The molecule has 1 aromatic carbocycles. The lowest BCUT2D eigenvalue weighted by Gasteiger charge is -1.99. The first-order chi connectivity index (χ1) is 11.8. The van der Waals surface area contributed by atoms with Gasteiger partial charge in [0.1, 0.15) is 11.5 Å². The Morgan fingerprint density at radius 3 is 2.88 bits per heavy atom. The van der Waals surface area contributed by atoms with Gasteiger partial charge in [0.15, 0.2) is 11.6 Å². The van der Waals surface area contributed by atoms with Crippen LogP contribution < -0.4 is 0 Å². The van der Waals surface area contributed by atoms with Crippen molar-refractivity contribution in [1.82, 2.24) is 24.6 Å². The number of nitrogens with zero attached hydrogens (tertiary/aromatic N) is 4. The van der Waals surface area contributed by atoms with Gasteiger partial charge in [0.2, 0.25) is 0 Å². The number of benzene rings is 1. The monoisotopic (exact) mass is 315 g/mol. The van der Waals surface area contributed by atoms with Gasteiger partial charge in [-0.2, -0.15) is 9.50 Å². The molecule has 1 N–H and O–H groups in total. The number of furan rings is 1. The molecule has 5 rings (SSSR count). The quantitative estimate of drug-likeness (QED) is 0.537. The van der Waals surface area contributed by atoms with Crippen molar-refractivity contribution in [2.24, 2.45) is 0 Å². The third-order valence-electron chi connectivity index (χ3n) is 4.06. The molecular weight excluding hydrogens is 302 g/mol. The summed E-state index contributed by atoms with van der Waals surface area (Å²) in [6.07, 6.45) is 3.65. The molecule has 4 heterocycles. The highest BCUT2D eigenvalue weighted by Crippen LogP contribution is 2.28. The lowest BCUT2D eigenvalue weighted by Crippen LogP contribution is -1.94. The summed E-state index contributed by atoms with van der Waals surface area (Å²) in [6, 6.07) is 13.8. The van der Waals surface area contributed by atoms with Gasteiger partial charge in [-0.25, -0.2) is 4.98 Å². The molecule has 0 aliphatic carbocycles. The zero-order valence-corrected chi connectivity index (χ0v) is 12.9. The molecule has 0 spiro atoms. The lowest BCUT2D eigenvalue weighted by molar-refractivity contribution is 0.544. The number of para-hydroxylation sites is 1. The molecule has 0 aliphatic heterocycles. The van der Waals surface area contributed by atoms with Gasteiger partial charge in [0.25, 0.3) is 5.78 Å². The first-order valence-corrected chi connectivity index (χ1v) is 7.65. The highest BCUT2D eigenvalue weighted by Gasteiger charge is 2.15. The van der Waals surface area contributed by atoms with Crippen LogP contribution in [0.1, 0.15) is 5.76 Å². The zero-order chi connectivity index (χ0) is 16.1. The Morgan fingerprint density at radius 1 is 1.08 bits per heavy atom. The van der Waals surface area contributed by atoms with E-state index in [-0.39, 0.29) is 0 Å². The zero-order valence-electron chi connectivity index (χ0n) is 12.9. The fourth-order valence-electron chi connectivity index (χ4n) is 2.92. The maximum Gasteiger partial charge on any atom is 0.253 e. The Balaban J connectivity index is 1.74. The van der Waals surface area contributed by atoms with Gasteiger partial charge in [-0.15, -0.1) is 5.10 Å². The van der Waals surface area contributed by atoms with Crippen molar-refractivity contribution >= 4 is 16.7 Å². The molecule has 4 aromatic heterocycles. The normalized spacial score (nSPS) is 11.5. The van der Waals surface area contributed by atoms with Gasteiger partial charge in [-0.3, -0.25) is 0 Å². The summed E-state index contributed by atoms with van der Waals surface area (Å²) < 4.78 is 7.44. The molecule has 0 unspecified atom stereocenters. The molecule has 0 bridgehead atoms. The number of nitrogens with one attached hydrogen (secondary N) is 1. The minimum Gasteiger partial charge on any atom is -0.460 e. The van der Waals surface area contributed by atoms with E-state index in [0.29, 0.717) is 11.6 Å².